The van der Waals surface area contributed by atoms with Crippen molar-refractivity contribution in [1.29, 1.82) is 0 Å². The highest BCUT2D eigenvalue weighted by Gasteiger charge is 2.48. The van der Waals surface area contributed by atoms with Crippen molar-refractivity contribution < 1.29 is 28.2 Å². The van der Waals surface area contributed by atoms with Gasteiger partial charge in [0.2, 0.25) is 0 Å². The van der Waals surface area contributed by atoms with Gasteiger partial charge in [-0.2, -0.15) is 0 Å². The van der Waals surface area contributed by atoms with Crippen molar-refractivity contribution in [3.8, 4) is 0 Å². The minimum Gasteiger partial charge on any atom is -0.465 e. The Hall–Kier alpha value is -3.62. The lowest BCUT2D eigenvalue weighted by atomic mass is 9.72. The van der Waals surface area contributed by atoms with Gasteiger partial charge in [-0.15, -0.1) is 0 Å². The molecule has 0 saturated carbocycles. The number of anilines is 1. The van der Waals surface area contributed by atoms with Crippen LogP contribution in [0.4, 0.5) is 19.7 Å². The summed E-state index contributed by atoms with van der Waals surface area (Å²) in [6, 6.07) is 13.1. The Morgan fingerprint density at radius 1 is 1.00 bits per heavy atom. The van der Waals surface area contributed by atoms with Crippen molar-refractivity contribution in [2.75, 3.05) is 38.2 Å². The Morgan fingerprint density at radius 3 is 2.22 bits per heavy atom. The highest BCUT2D eigenvalue weighted by Crippen LogP contribution is 2.41. The van der Waals surface area contributed by atoms with Gasteiger partial charge >= 0.3 is 18.1 Å². The van der Waals surface area contributed by atoms with Crippen molar-refractivity contribution in [1.82, 2.24) is 9.80 Å². The monoisotopic (exact) mass is 511 g/mol. The standard InChI is InChI=1S/C28H34FN3O5/c1-27(2,3)37-26(35)30-14-12-28(13-15-30)18-31(19-28)25(34)32(22-8-6-5-7-9-22)17-21-11-10-20(16-23(21)29)24(33)36-4/h5-11,16H,12-15,17-19H2,1-4H3. The fraction of sp³-hybridized carbons (Fsp3) is 0.464. The Bertz CT molecular complexity index is 1150. The first-order chi connectivity index (χ1) is 17.5. The topological polar surface area (TPSA) is 79.4 Å². The number of likely N-dealkylation sites (tertiary alicyclic amines) is 2. The second-order valence-electron chi connectivity index (χ2n) is 10.8. The first-order valence-corrected chi connectivity index (χ1v) is 12.5. The van der Waals surface area contributed by atoms with Gasteiger partial charge in [-0.3, -0.25) is 4.90 Å². The molecule has 2 aromatic carbocycles. The summed E-state index contributed by atoms with van der Waals surface area (Å²) in [6.45, 7) is 7.93. The van der Waals surface area contributed by atoms with Crippen LogP contribution in [0, 0.1) is 11.2 Å². The van der Waals surface area contributed by atoms with Gasteiger partial charge in [-0.25, -0.2) is 18.8 Å². The van der Waals surface area contributed by atoms with Gasteiger partial charge in [0, 0.05) is 42.8 Å². The van der Waals surface area contributed by atoms with Crippen LogP contribution in [0.25, 0.3) is 0 Å². The van der Waals surface area contributed by atoms with Crippen molar-refractivity contribution >= 4 is 23.8 Å². The van der Waals surface area contributed by atoms with Gasteiger partial charge < -0.3 is 19.3 Å². The molecule has 0 bridgehead atoms. The third-order valence-electron chi connectivity index (χ3n) is 6.90. The maximum absolute atomic E-state index is 14.9. The molecule has 4 rings (SSSR count). The van der Waals surface area contributed by atoms with E-state index in [2.05, 4.69) is 4.74 Å². The van der Waals surface area contributed by atoms with Gasteiger partial charge in [-0.1, -0.05) is 24.3 Å². The molecule has 2 aliphatic heterocycles. The molecule has 3 amide bonds. The van der Waals surface area contributed by atoms with Crippen molar-refractivity contribution in [2.24, 2.45) is 5.41 Å². The van der Waals surface area contributed by atoms with Crippen LogP contribution in [0.1, 0.15) is 49.5 Å². The van der Waals surface area contributed by atoms with E-state index in [4.69, 9.17) is 4.74 Å². The van der Waals surface area contributed by atoms with E-state index in [9.17, 15) is 18.8 Å². The first-order valence-electron chi connectivity index (χ1n) is 12.5. The third kappa shape index (κ3) is 6.03. The van der Waals surface area contributed by atoms with Crippen LogP contribution in [0.3, 0.4) is 0 Å². The zero-order valence-corrected chi connectivity index (χ0v) is 21.8. The molecule has 198 valence electrons. The van der Waals surface area contributed by atoms with E-state index in [-0.39, 0.29) is 29.6 Å². The van der Waals surface area contributed by atoms with E-state index in [0.29, 0.717) is 37.4 Å². The lowest BCUT2D eigenvalue weighted by Crippen LogP contribution is -2.64. The van der Waals surface area contributed by atoms with Crippen LogP contribution in [-0.2, 0) is 16.0 Å². The Balaban J connectivity index is 1.43. The van der Waals surface area contributed by atoms with Crippen LogP contribution >= 0.6 is 0 Å². The van der Waals surface area contributed by atoms with E-state index in [1.165, 1.54) is 19.2 Å². The van der Waals surface area contributed by atoms with E-state index >= 15 is 0 Å². The number of benzene rings is 2. The van der Waals surface area contributed by atoms with Crippen molar-refractivity contribution in [3.63, 3.8) is 0 Å². The molecule has 2 fully saturated rings. The number of methoxy groups -OCH3 is 1. The summed E-state index contributed by atoms with van der Waals surface area (Å²) in [7, 11) is 1.24. The molecule has 9 heteroatoms. The lowest BCUT2D eigenvalue weighted by Gasteiger charge is -2.54. The number of para-hydroxylation sites is 1. The maximum atomic E-state index is 14.9. The van der Waals surface area contributed by atoms with E-state index < -0.39 is 17.4 Å². The summed E-state index contributed by atoms with van der Waals surface area (Å²) in [5, 5.41) is 0. The summed E-state index contributed by atoms with van der Waals surface area (Å²) in [4.78, 5) is 42.8. The molecule has 2 heterocycles. The lowest BCUT2D eigenvalue weighted by molar-refractivity contribution is -0.0311. The number of carbonyl (C=O) groups is 3. The van der Waals surface area contributed by atoms with Crippen molar-refractivity contribution in [2.45, 2.75) is 45.8 Å². The molecule has 2 saturated heterocycles. The second-order valence-corrected chi connectivity index (χ2v) is 10.8. The first kappa shape index (κ1) is 26.4. The largest absolute Gasteiger partial charge is 0.465 e. The number of ether oxygens (including phenoxy) is 2. The molecule has 0 radical (unpaired) electrons. The predicted octanol–water partition coefficient (Wildman–Crippen LogP) is 5.07. The van der Waals surface area contributed by atoms with Gasteiger partial charge in [-0.05, 0) is 57.9 Å². The molecule has 8 nitrogen and oxygen atoms in total. The summed E-state index contributed by atoms with van der Waals surface area (Å²) in [6.07, 6.45) is 1.29. The van der Waals surface area contributed by atoms with Crippen molar-refractivity contribution in [3.05, 3.63) is 65.5 Å². The zero-order chi connectivity index (χ0) is 26.8. The number of esters is 1. The number of hydrogen-bond acceptors (Lipinski definition) is 5. The minimum absolute atomic E-state index is 0.0199. The smallest absolute Gasteiger partial charge is 0.410 e. The molecule has 0 unspecified atom stereocenters. The number of nitrogens with zero attached hydrogens (tertiary/aromatic N) is 3. The molecule has 0 N–H and O–H groups in total. The maximum Gasteiger partial charge on any atom is 0.410 e. The van der Waals surface area contributed by atoms with Crippen LogP contribution in [0.5, 0.6) is 0 Å². The Labute approximate surface area is 216 Å². The van der Waals surface area contributed by atoms with Gasteiger partial charge in [0.05, 0.1) is 19.2 Å². The van der Waals surface area contributed by atoms with Crippen LogP contribution in [0.2, 0.25) is 0 Å². The summed E-state index contributed by atoms with van der Waals surface area (Å²) >= 11 is 0. The SMILES string of the molecule is COC(=O)c1ccc(CN(C(=O)N2CC3(CCN(C(=O)OC(C)(C)C)CC3)C2)c2ccccc2)c(F)c1. The second kappa shape index (κ2) is 10.4. The molecule has 1 spiro atoms. The van der Waals surface area contributed by atoms with Crippen LogP contribution in [0.15, 0.2) is 48.5 Å². The Kier molecular flexibility index (Phi) is 7.43. The Morgan fingerprint density at radius 2 is 1.65 bits per heavy atom. The van der Waals surface area contributed by atoms with E-state index in [0.717, 1.165) is 18.9 Å². The van der Waals surface area contributed by atoms with Crippen LogP contribution < -0.4 is 4.90 Å². The molecule has 0 atom stereocenters. The fourth-order valence-electron chi connectivity index (χ4n) is 4.84. The third-order valence-corrected chi connectivity index (χ3v) is 6.90. The number of halogens is 1. The summed E-state index contributed by atoms with van der Waals surface area (Å²) < 4.78 is 25.0. The average molecular weight is 512 g/mol. The highest BCUT2D eigenvalue weighted by atomic mass is 19.1. The summed E-state index contributed by atoms with van der Waals surface area (Å²) in [5.41, 5.74) is 0.509. The molecule has 2 aliphatic rings. The predicted molar refractivity (Wildman–Crippen MR) is 137 cm³/mol. The minimum atomic E-state index is -0.620. The molecule has 2 aromatic rings. The van der Waals surface area contributed by atoms with Gasteiger partial charge in [0.25, 0.3) is 0 Å². The molecule has 37 heavy (non-hydrogen) atoms. The quantitative estimate of drug-likeness (QED) is 0.536. The van der Waals surface area contributed by atoms with Gasteiger partial charge in [0.1, 0.15) is 11.4 Å². The number of hydrogen-bond donors (Lipinski definition) is 0. The zero-order valence-electron chi connectivity index (χ0n) is 21.8. The highest BCUT2D eigenvalue weighted by molar-refractivity contribution is 5.93. The van der Waals surface area contributed by atoms with Crippen LogP contribution in [-0.4, -0.2) is 66.8 Å². The number of carbonyl (C=O) groups excluding carboxylic acids is 3. The number of amides is 3. The summed E-state index contributed by atoms with van der Waals surface area (Å²) in [5.74, 6) is -1.20. The number of rotatable bonds is 4. The number of piperidine rings is 1. The van der Waals surface area contributed by atoms with E-state index in [1.54, 1.807) is 14.7 Å². The van der Waals surface area contributed by atoms with Gasteiger partial charge in [0.15, 0.2) is 0 Å². The number of urea groups is 1. The normalized spacial score (nSPS) is 16.7. The fourth-order valence-corrected chi connectivity index (χ4v) is 4.84. The molecule has 0 aliphatic carbocycles. The average Bonchev–Trinajstić information content (AvgIpc) is 2.85. The van der Waals surface area contributed by atoms with E-state index in [1.807, 2.05) is 51.1 Å². The molecular formula is C28H34FN3O5. The molecular weight excluding hydrogens is 477 g/mol. The molecule has 0 aromatic heterocycles.